The number of halogens is 3. The number of rotatable bonds is 6. The zero-order valence-corrected chi connectivity index (χ0v) is 17.3. The van der Waals surface area contributed by atoms with Gasteiger partial charge in [-0.1, -0.05) is 35.3 Å². The molecule has 0 saturated heterocycles. The Morgan fingerprint density at radius 2 is 1.55 bits per heavy atom. The van der Waals surface area contributed by atoms with E-state index in [2.05, 4.69) is 0 Å². The average Bonchev–Trinajstić information content (AvgIpc) is 2.61. The lowest BCUT2D eigenvalue weighted by Gasteiger charge is -2.13. The molecule has 152 valence electrons. The van der Waals surface area contributed by atoms with Crippen LogP contribution < -0.4 is 4.74 Å². The van der Waals surface area contributed by atoms with E-state index in [9.17, 15) is 14.1 Å². The molecule has 3 aromatic rings. The maximum atomic E-state index is 13.1. The Bertz CT molecular complexity index is 1060. The van der Waals surface area contributed by atoms with E-state index in [1.165, 1.54) is 36.4 Å². The highest BCUT2D eigenvalue weighted by Gasteiger charge is 2.18. The van der Waals surface area contributed by atoms with Crippen LogP contribution in [-0.4, -0.2) is 14.9 Å². The summed E-state index contributed by atoms with van der Waals surface area (Å²) in [7, 11) is -4.27. The summed E-state index contributed by atoms with van der Waals surface area (Å²) >= 11 is 12.4. The molecule has 29 heavy (non-hydrogen) atoms. The van der Waals surface area contributed by atoms with Crippen LogP contribution >= 0.6 is 30.8 Å². The van der Waals surface area contributed by atoms with Gasteiger partial charge in [-0.05, 0) is 53.6 Å². The second-order valence-corrected chi connectivity index (χ2v) is 8.87. The van der Waals surface area contributed by atoms with Crippen molar-refractivity contribution in [3.05, 3.63) is 87.2 Å². The lowest BCUT2D eigenvalue weighted by atomic mass is 10.0. The standard InChI is InChI=1S/C20H16Cl2FO5P/c21-17-8-13(11-29(25,26)27)9-18(22)20(17)28-16-5-6-19(24)14(10-16)7-12-1-3-15(23)4-2-12/h1-6,8-10,24H,7,11H2,(H2,25,26,27). The molecule has 0 amide bonds. The Morgan fingerprint density at radius 1 is 0.931 bits per heavy atom. The van der Waals surface area contributed by atoms with Crippen molar-refractivity contribution in [3.63, 3.8) is 0 Å². The van der Waals surface area contributed by atoms with Gasteiger partial charge in [0.1, 0.15) is 17.3 Å². The minimum Gasteiger partial charge on any atom is -0.508 e. The van der Waals surface area contributed by atoms with Crippen LogP contribution in [0.1, 0.15) is 16.7 Å². The second kappa shape index (κ2) is 8.74. The molecule has 0 aliphatic rings. The molecule has 0 aliphatic heterocycles. The van der Waals surface area contributed by atoms with Crippen LogP contribution in [0.15, 0.2) is 54.6 Å². The molecule has 0 bridgehead atoms. The van der Waals surface area contributed by atoms with Gasteiger partial charge < -0.3 is 19.6 Å². The van der Waals surface area contributed by atoms with Crippen molar-refractivity contribution < 1.29 is 28.6 Å². The van der Waals surface area contributed by atoms with Gasteiger partial charge in [-0.2, -0.15) is 0 Å². The van der Waals surface area contributed by atoms with Crippen molar-refractivity contribution in [2.75, 3.05) is 0 Å². The highest BCUT2D eigenvalue weighted by Crippen LogP contribution is 2.43. The third-order valence-corrected chi connectivity index (χ3v) is 5.36. The third-order valence-electron chi connectivity index (χ3n) is 4.03. The summed E-state index contributed by atoms with van der Waals surface area (Å²) in [5, 5.41) is 10.3. The summed E-state index contributed by atoms with van der Waals surface area (Å²) in [4.78, 5) is 18.2. The fourth-order valence-electron chi connectivity index (χ4n) is 2.75. The van der Waals surface area contributed by atoms with Crippen molar-refractivity contribution in [2.45, 2.75) is 12.6 Å². The zero-order chi connectivity index (χ0) is 21.2. The number of aromatic hydroxyl groups is 1. The molecular weight excluding hydrogens is 441 g/mol. The van der Waals surface area contributed by atoms with E-state index in [0.717, 1.165) is 5.56 Å². The number of hydrogen-bond acceptors (Lipinski definition) is 3. The van der Waals surface area contributed by atoms with Crippen LogP contribution in [-0.2, 0) is 17.1 Å². The van der Waals surface area contributed by atoms with Crippen molar-refractivity contribution in [3.8, 4) is 17.2 Å². The normalized spacial score (nSPS) is 11.5. The highest BCUT2D eigenvalue weighted by atomic mass is 35.5. The van der Waals surface area contributed by atoms with Gasteiger partial charge in [-0.3, -0.25) is 4.57 Å². The first-order valence-corrected chi connectivity index (χ1v) is 10.9. The topological polar surface area (TPSA) is 87.0 Å². The summed E-state index contributed by atoms with van der Waals surface area (Å²) in [5.74, 6) is 0.185. The van der Waals surface area contributed by atoms with Crippen molar-refractivity contribution in [1.82, 2.24) is 0 Å². The van der Waals surface area contributed by atoms with Gasteiger partial charge in [-0.25, -0.2) is 4.39 Å². The first kappa shape index (κ1) is 21.6. The Labute approximate surface area is 176 Å². The Hall–Kier alpha value is -2.08. The second-order valence-electron chi connectivity index (χ2n) is 6.41. The minimum atomic E-state index is -4.27. The van der Waals surface area contributed by atoms with E-state index >= 15 is 0 Å². The molecule has 3 rings (SSSR count). The van der Waals surface area contributed by atoms with Crippen LogP contribution in [0.25, 0.3) is 0 Å². The van der Waals surface area contributed by atoms with Crippen LogP contribution in [0.2, 0.25) is 10.0 Å². The van der Waals surface area contributed by atoms with Crippen LogP contribution in [0.4, 0.5) is 4.39 Å². The first-order valence-electron chi connectivity index (χ1n) is 8.37. The number of hydrogen-bond donors (Lipinski definition) is 3. The molecule has 0 radical (unpaired) electrons. The largest absolute Gasteiger partial charge is 0.508 e. The Balaban J connectivity index is 1.85. The molecule has 0 unspecified atom stereocenters. The summed E-state index contributed by atoms with van der Waals surface area (Å²) in [6.45, 7) is 0. The molecule has 0 heterocycles. The van der Waals surface area contributed by atoms with Crippen molar-refractivity contribution in [2.24, 2.45) is 0 Å². The number of benzene rings is 3. The predicted molar refractivity (Wildman–Crippen MR) is 110 cm³/mol. The summed E-state index contributed by atoms with van der Waals surface area (Å²) in [6, 6.07) is 13.3. The number of phenols is 1. The van der Waals surface area contributed by atoms with E-state index in [0.29, 0.717) is 17.7 Å². The zero-order valence-electron chi connectivity index (χ0n) is 14.8. The Morgan fingerprint density at radius 3 is 2.14 bits per heavy atom. The van der Waals surface area contributed by atoms with E-state index in [1.54, 1.807) is 18.2 Å². The number of phenolic OH excluding ortho intramolecular Hbond substituents is 1. The molecule has 5 nitrogen and oxygen atoms in total. The molecule has 0 aromatic heterocycles. The maximum absolute atomic E-state index is 13.1. The number of ether oxygens (including phenoxy) is 1. The molecule has 0 aliphatic carbocycles. The molecule has 0 spiro atoms. The van der Waals surface area contributed by atoms with Gasteiger partial charge in [0.05, 0.1) is 16.2 Å². The highest BCUT2D eigenvalue weighted by molar-refractivity contribution is 7.50. The molecule has 0 fully saturated rings. The van der Waals surface area contributed by atoms with Crippen molar-refractivity contribution >= 4 is 30.8 Å². The van der Waals surface area contributed by atoms with Gasteiger partial charge in [0.15, 0.2) is 5.75 Å². The van der Waals surface area contributed by atoms with E-state index in [4.69, 9.17) is 37.7 Å². The van der Waals surface area contributed by atoms with Crippen molar-refractivity contribution in [1.29, 1.82) is 0 Å². The monoisotopic (exact) mass is 456 g/mol. The average molecular weight is 457 g/mol. The molecule has 0 saturated carbocycles. The first-order chi connectivity index (χ1) is 13.6. The van der Waals surface area contributed by atoms with Gasteiger partial charge in [0, 0.05) is 12.0 Å². The summed E-state index contributed by atoms with van der Waals surface area (Å²) in [5.41, 5.74) is 1.64. The molecule has 0 atom stereocenters. The van der Waals surface area contributed by atoms with E-state index < -0.39 is 13.8 Å². The lowest BCUT2D eigenvalue weighted by Crippen LogP contribution is -1.94. The van der Waals surface area contributed by atoms with Gasteiger partial charge in [0.2, 0.25) is 0 Å². The Kier molecular flexibility index (Phi) is 6.52. The van der Waals surface area contributed by atoms with Gasteiger partial charge in [-0.15, -0.1) is 0 Å². The van der Waals surface area contributed by atoms with E-state index in [-0.39, 0.29) is 32.9 Å². The molecule has 9 heteroatoms. The lowest BCUT2D eigenvalue weighted by molar-refractivity contribution is 0.371. The molecule has 3 aromatic carbocycles. The smallest absolute Gasteiger partial charge is 0.329 e. The molecular formula is C20H16Cl2FO5P. The summed E-state index contributed by atoms with van der Waals surface area (Å²) in [6.07, 6.45) is -0.139. The SMILES string of the molecule is O=P(O)(O)Cc1cc(Cl)c(Oc2ccc(O)c(Cc3ccc(F)cc3)c2)c(Cl)c1. The molecule has 3 N–H and O–H groups in total. The fraction of sp³-hybridized carbons (Fsp3) is 0.100. The summed E-state index contributed by atoms with van der Waals surface area (Å²) < 4.78 is 30.0. The quantitative estimate of drug-likeness (QED) is 0.402. The van der Waals surface area contributed by atoms with Crippen LogP contribution in [0, 0.1) is 5.82 Å². The van der Waals surface area contributed by atoms with Gasteiger partial charge >= 0.3 is 7.60 Å². The van der Waals surface area contributed by atoms with Gasteiger partial charge in [0.25, 0.3) is 0 Å². The third kappa shape index (κ3) is 5.95. The fourth-order valence-corrected chi connectivity index (χ4v) is 4.01. The predicted octanol–water partition coefficient (Wildman–Crippen LogP) is 5.90. The van der Waals surface area contributed by atoms with Crippen LogP contribution in [0.3, 0.4) is 0 Å². The van der Waals surface area contributed by atoms with Crippen LogP contribution in [0.5, 0.6) is 17.2 Å². The maximum Gasteiger partial charge on any atom is 0.329 e. The van der Waals surface area contributed by atoms with E-state index in [1.807, 2.05) is 0 Å². The minimum absolute atomic E-state index is 0.0517.